The van der Waals surface area contributed by atoms with Crippen LogP contribution in [0.1, 0.15) is 11.6 Å². The van der Waals surface area contributed by atoms with Gasteiger partial charge < -0.3 is 15.9 Å². The zero-order valence-corrected chi connectivity index (χ0v) is 9.44. The second kappa shape index (κ2) is 4.73. The van der Waals surface area contributed by atoms with Crippen molar-refractivity contribution in [2.24, 2.45) is 5.73 Å². The lowest BCUT2D eigenvalue weighted by Gasteiger charge is -2.11. The second-order valence-corrected chi connectivity index (χ2v) is 3.86. The van der Waals surface area contributed by atoms with Crippen molar-refractivity contribution >= 4 is 21.6 Å². The van der Waals surface area contributed by atoms with Crippen LogP contribution in [0.4, 0.5) is 10.1 Å². The molecule has 0 aliphatic rings. The first-order chi connectivity index (χ1) is 7.40. The van der Waals surface area contributed by atoms with E-state index in [2.05, 4.69) is 15.9 Å². The van der Waals surface area contributed by atoms with E-state index in [9.17, 15) is 19.6 Å². The normalized spacial score (nSPS) is 12.5. The zero-order valence-electron chi connectivity index (χ0n) is 7.85. The third-order valence-electron chi connectivity index (χ3n) is 1.98. The van der Waals surface area contributed by atoms with Gasteiger partial charge in [-0.3, -0.25) is 10.1 Å². The number of aromatic hydroxyl groups is 1. The van der Waals surface area contributed by atoms with Gasteiger partial charge in [-0.05, 0) is 22.0 Å². The highest BCUT2D eigenvalue weighted by Crippen LogP contribution is 2.39. The first-order valence-electron chi connectivity index (χ1n) is 4.11. The third-order valence-corrected chi connectivity index (χ3v) is 2.55. The Labute approximate surface area is 97.8 Å². The standard InChI is InChI=1S/C8H8BrFN2O4/c9-4-1-3(5(11)2-13)8(14)7(6(4)10)12(15)16/h1,5,13-14H,2,11H2/t5-/m0/s1. The van der Waals surface area contributed by atoms with Crippen molar-refractivity contribution in [3.05, 3.63) is 32.0 Å². The van der Waals surface area contributed by atoms with Crippen LogP contribution in [0.15, 0.2) is 10.5 Å². The van der Waals surface area contributed by atoms with E-state index in [1.165, 1.54) is 0 Å². The van der Waals surface area contributed by atoms with Gasteiger partial charge >= 0.3 is 5.69 Å². The molecule has 0 radical (unpaired) electrons. The number of phenols is 1. The third kappa shape index (κ3) is 2.13. The van der Waals surface area contributed by atoms with Crippen LogP contribution in [0.3, 0.4) is 0 Å². The monoisotopic (exact) mass is 294 g/mol. The summed E-state index contributed by atoms with van der Waals surface area (Å²) in [7, 11) is 0. The zero-order chi connectivity index (χ0) is 12.5. The molecule has 0 heterocycles. The summed E-state index contributed by atoms with van der Waals surface area (Å²) in [6, 6.07) is 0.0778. The first kappa shape index (κ1) is 12.8. The summed E-state index contributed by atoms with van der Waals surface area (Å²) in [4.78, 5) is 9.49. The highest BCUT2D eigenvalue weighted by atomic mass is 79.9. The molecule has 0 spiro atoms. The molecule has 8 heteroatoms. The number of hydrogen-bond donors (Lipinski definition) is 3. The Bertz CT molecular complexity index is 441. The molecule has 0 fully saturated rings. The molecule has 6 nitrogen and oxygen atoms in total. The summed E-state index contributed by atoms with van der Waals surface area (Å²) in [5, 5.41) is 28.8. The Balaban J connectivity index is 3.50. The largest absolute Gasteiger partial charge is 0.502 e. The maximum absolute atomic E-state index is 13.3. The molecule has 1 aromatic rings. The van der Waals surface area contributed by atoms with Crippen molar-refractivity contribution < 1.29 is 19.5 Å². The molecule has 1 atom stereocenters. The lowest BCUT2D eigenvalue weighted by atomic mass is 10.1. The van der Waals surface area contributed by atoms with Gasteiger partial charge in [-0.2, -0.15) is 4.39 Å². The number of nitrogens with zero attached hydrogens (tertiary/aromatic N) is 1. The van der Waals surface area contributed by atoms with Gasteiger partial charge in [-0.1, -0.05) is 0 Å². The van der Waals surface area contributed by atoms with E-state index < -0.39 is 34.8 Å². The molecule has 0 saturated heterocycles. The molecular weight excluding hydrogens is 287 g/mol. The summed E-state index contributed by atoms with van der Waals surface area (Å²) >= 11 is 2.77. The summed E-state index contributed by atoms with van der Waals surface area (Å²) < 4.78 is 13.1. The van der Waals surface area contributed by atoms with Gasteiger partial charge in [0.25, 0.3) is 0 Å². The minimum atomic E-state index is -1.18. The molecule has 0 bridgehead atoms. The fourth-order valence-electron chi connectivity index (χ4n) is 1.17. The molecule has 16 heavy (non-hydrogen) atoms. The van der Waals surface area contributed by atoms with Crippen molar-refractivity contribution in [1.82, 2.24) is 0 Å². The molecule has 88 valence electrons. The number of phenolic OH excluding ortho intramolecular Hbond substituents is 1. The number of aliphatic hydroxyl groups excluding tert-OH is 1. The SMILES string of the molecule is N[C@@H](CO)c1cc(Br)c(F)c([N+](=O)[O-])c1O. The number of benzene rings is 1. The Hall–Kier alpha value is -1.25. The van der Waals surface area contributed by atoms with Crippen molar-refractivity contribution in [2.75, 3.05) is 6.61 Å². The highest BCUT2D eigenvalue weighted by molar-refractivity contribution is 9.10. The summed E-state index contributed by atoms with van der Waals surface area (Å²) in [6.45, 7) is -0.525. The van der Waals surface area contributed by atoms with Gasteiger partial charge in [-0.15, -0.1) is 0 Å². The number of aliphatic hydroxyl groups is 1. The van der Waals surface area contributed by atoms with Crippen LogP contribution >= 0.6 is 15.9 Å². The van der Waals surface area contributed by atoms with E-state index >= 15 is 0 Å². The molecule has 0 aliphatic carbocycles. The van der Waals surface area contributed by atoms with Gasteiger partial charge in [0.1, 0.15) is 0 Å². The number of nitrogens with two attached hydrogens (primary N) is 1. The van der Waals surface area contributed by atoms with E-state index in [1.807, 2.05) is 0 Å². The molecule has 0 saturated carbocycles. The molecule has 0 unspecified atom stereocenters. The number of nitro groups is 1. The van der Waals surface area contributed by atoms with Crippen LogP contribution in [0.25, 0.3) is 0 Å². The number of halogens is 2. The number of nitro benzene ring substituents is 1. The minimum Gasteiger partial charge on any atom is -0.502 e. The smallest absolute Gasteiger partial charge is 0.347 e. The Morgan fingerprint density at radius 3 is 2.69 bits per heavy atom. The van der Waals surface area contributed by atoms with E-state index in [-0.39, 0.29) is 10.0 Å². The minimum absolute atomic E-state index is 0.0949. The highest BCUT2D eigenvalue weighted by Gasteiger charge is 2.28. The van der Waals surface area contributed by atoms with Gasteiger partial charge in [-0.25, -0.2) is 0 Å². The topological polar surface area (TPSA) is 110 Å². The predicted octanol–water partition coefficient (Wildman–Crippen LogP) is 1.19. The fourth-order valence-corrected chi connectivity index (χ4v) is 1.60. The molecule has 1 rings (SSSR count). The lowest BCUT2D eigenvalue weighted by molar-refractivity contribution is -0.388. The van der Waals surface area contributed by atoms with Gasteiger partial charge in [0.15, 0.2) is 0 Å². The van der Waals surface area contributed by atoms with Crippen LogP contribution in [-0.4, -0.2) is 21.7 Å². The maximum atomic E-state index is 13.3. The average Bonchev–Trinajstić information content (AvgIpc) is 2.22. The fraction of sp³-hybridized carbons (Fsp3) is 0.250. The Morgan fingerprint density at radius 1 is 1.69 bits per heavy atom. The molecular formula is C8H8BrFN2O4. The van der Waals surface area contributed by atoms with Crippen LogP contribution in [-0.2, 0) is 0 Å². The molecule has 0 aliphatic heterocycles. The van der Waals surface area contributed by atoms with Crippen LogP contribution in [0.5, 0.6) is 5.75 Å². The predicted molar refractivity (Wildman–Crippen MR) is 56.4 cm³/mol. The van der Waals surface area contributed by atoms with Crippen molar-refractivity contribution in [3.8, 4) is 5.75 Å². The molecule has 0 amide bonds. The van der Waals surface area contributed by atoms with Gasteiger partial charge in [0.2, 0.25) is 11.6 Å². The number of hydrogen-bond acceptors (Lipinski definition) is 5. The van der Waals surface area contributed by atoms with E-state index in [0.717, 1.165) is 6.07 Å². The Morgan fingerprint density at radius 2 is 2.25 bits per heavy atom. The molecule has 0 aromatic heterocycles. The van der Waals surface area contributed by atoms with E-state index in [0.29, 0.717) is 0 Å². The van der Waals surface area contributed by atoms with E-state index in [4.69, 9.17) is 10.8 Å². The second-order valence-electron chi connectivity index (χ2n) is 3.00. The van der Waals surface area contributed by atoms with Crippen molar-refractivity contribution in [3.63, 3.8) is 0 Å². The number of rotatable bonds is 3. The van der Waals surface area contributed by atoms with E-state index in [1.54, 1.807) is 0 Å². The lowest BCUT2D eigenvalue weighted by Crippen LogP contribution is -2.15. The quantitative estimate of drug-likeness (QED) is 0.573. The molecule has 4 N–H and O–H groups in total. The van der Waals surface area contributed by atoms with Gasteiger partial charge in [0, 0.05) is 5.56 Å². The van der Waals surface area contributed by atoms with Crippen LogP contribution in [0.2, 0.25) is 0 Å². The van der Waals surface area contributed by atoms with Crippen LogP contribution < -0.4 is 5.73 Å². The Kier molecular flexibility index (Phi) is 3.79. The average molecular weight is 295 g/mol. The van der Waals surface area contributed by atoms with Crippen molar-refractivity contribution in [1.29, 1.82) is 0 Å². The summed E-state index contributed by atoms with van der Waals surface area (Å²) in [5.41, 5.74) is 4.25. The van der Waals surface area contributed by atoms with Gasteiger partial charge in [0.05, 0.1) is 22.0 Å². The molecule has 1 aromatic carbocycles. The van der Waals surface area contributed by atoms with Crippen LogP contribution in [0, 0.1) is 15.9 Å². The maximum Gasteiger partial charge on any atom is 0.347 e. The summed E-state index contributed by atoms with van der Waals surface area (Å²) in [6.07, 6.45) is 0. The summed E-state index contributed by atoms with van der Waals surface area (Å²) in [5.74, 6) is -2.05. The van der Waals surface area contributed by atoms with Crippen molar-refractivity contribution in [2.45, 2.75) is 6.04 Å². The first-order valence-corrected chi connectivity index (χ1v) is 4.91.